The molecule has 0 aliphatic carbocycles. The summed E-state index contributed by atoms with van der Waals surface area (Å²) in [5.41, 5.74) is 5.66. The quantitative estimate of drug-likeness (QED) is 0.502. The smallest absolute Gasteiger partial charge is 0.248 e. The third-order valence-electron chi connectivity index (χ3n) is 1.29. The minimum absolute atomic E-state index is 0.391. The first-order valence-electron chi connectivity index (χ1n) is 4.01. The van der Waals surface area contributed by atoms with Crippen LogP contribution in [0.5, 0.6) is 0 Å². The molecule has 0 fully saturated rings. The Morgan fingerprint density at radius 2 is 2.17 bits per heavy atom. The Bertz CT molecular complexity index is 224. The topological polar surface area (TPSA) is 43.1 Å². The molecule has 2 heteroatoms. The molecule has 0 unspecified atom stereocenters. The molecular weight excluding hydrogens is 150 g/mol. The average molecular weight is 165 g/mol. The highest BCUT2D eigenvalue weighted by molar-refractivity contribution is 5.95. The van der Waals surface area contributed by atoms with E-state index in [-0.39, 0.29) is 0 Å². The molecule has 2 N–H and O–H groups in total. The number of hydrogen-bond acceptors (Lipinski definition) is 1. The summed E-state index contributed by atoms with van der Waals surface area (Å²) in [6.45, 7) is 3.89. The summed E-state index contributed by atoms with van der Waals surface area (Å²) in [5, 5.41) is 0. The molecule has 0 bridgehead atoms. The number of allylic oxidation sites excluding steroid dienone is 4. The van der Waals surface area contributed by atoms with Gasteiger partial charge < -0.3 is 5.73 Å². The predicted molar refractivity (Wildman–Crippen MR) is 51.5 cm³/mol. The van der Waals surface area contributed by atoms with Crippen molar-refractivity contribution in [1.29, 1.82) is 0 Å². The lowest BCUT2D eigenvalue weighted by Crippen LogP contribution is -2.12. The highest BCUT2D eigenvalue weighted by atomic mass is 16.1. The second-order valence-corrected chi connectivity index (χ2v) is 2.32. The van der Waals surface area contributed by atoms with Gasteiger partial charge in [0.2, 0.25) is 5.91 Å². The maximum atomic E-state index is 10.8. The predicted octanol–water partition coefficient (Wildman–Crippen LogP) is 1.94. The normalized spacial score (nSPS) is 13.0. The molecule has 2 nitrogen and oxygen atoms in total. The Balaban J connectivity index is 4.43. The van der Waals surface area contributed by atoms with Gasteiger partial charge in [0.25, 0.3) is 0 Å². The fourth-order valence-corrected chi connectivity index (χ4v) is 0.665. The third-order valence-corrected chi connectivity index (χ3v) is 1.29. The Hall–Kier alpha value is -1.31. The monoisotopic (exact) mass is 165 g/mol. The van der Waals surface area contributed by atoms with Crippen molar-refractivity contribution in [2.75, 3.05) is 0 Å². The molecule has 1 amide bonds. The van der Waals surface area contributed by atoms with Crippen molar-refractivity contribution in [2.45, 2.75) is 20.3 Å². The summed E-state index contributed by atoms with van der Waals surface area (Å²) in [7, 11) is 0. The van der Waals surface area contributed by atoms with Crippen LogP contribution >= 0.6 is 0 Å². The molecule has 0 radical (unpaired) electrons. The van der Waals surface area contributed by atoms with Gasteiger partial charge in [0.15, 0.2) is 0 Å². The largest absolute Gasteiger partial charge is 0.366 e. The molecule has 0 saturated carbocycles. The van der Waals surface area contributed by atoms with Gasteiger partial charge in [-0.15, -0.1) is 0 Å². The van der Waals surface area contributed by atoms with Crippen molar-refractivity contribution in [3.05, 3.63) is 36.0 Å². The molecule has 0 heterocycles. The second-order valence-electron chi connectivity index (χ2n) is 2.32. The summed E-state index contributed by atoms with van der Waals surface area (Å²) in [4.78, 5) is 10.8. The number of rotatable bonds is 4. The van der Waals surface area contributed by atoms with E-state index in [2.05, 4.69) is 0 Å². The zero-order valence-electron chi connectivity index (χ0n) is 7.58. The molecule has 0 atom stereocenters. The number of amides is 1. The first-order chi connectivity index (χ1) is 5.72. The molecule has 0 aromatic rings. The number of carbonyl (C=O) groups excluding carboxylic acids is 1. The molecule has 0 spiro atoms. The number of hydrogen-bond donors (Lipinski definition) is 1. The fourth-order valence-electron chi connectivity index (χ4n) is 0.665. The van der Waals surface area contributed by atoms with E-state index in [0.29, 0.717) is 5.57 Å². The van der Waals surface area contributed by atoms with Crippen LogP contribution in [-0.2, 0) is 4.79 Å². The Kier molecular flexibility index (Phi) is 5.70. The van der Waals surface area contributed by atoms with Crippen LogP contribution < -0.4 is 5.73 Å². The summed E-state index contributed by atoms with van der Waals surface area (Å²) in [6, 6.07) is 0. The highest BCUT2D eigenvalue weighted by Gasteiger charge is 1.96. The maximum absolute atomic E-state index is 10.8. The zero-order valence-corrected chi connectivity index (χ0v) is 7.58. The van der Waals surface area contributed by atoms with Crippen LogP contribution in [0.15, 0.2) is 36.0 Å². The van der Waals surface area contributed by atoms with E-state index in [0.717, 1.165) is 6.42 Å². The third kappa shape index (κ3) is 4.50. The van der Waals surface area contributed by atoms with E-state index in [1.54, 1.807) is 18.2 Å². The van der Waals surface area contributed by atoms with Crippen molar-refractivity contribution < 1.29 is 4.79 Å². The summed E-state index contributed by atoms with van der Waals surface area (Å²) >= 11 is 0. The van der Waals surface area contributed by atoms with Crippen molar-refractivity contribution >= 4 is 5.91 Å². The maximum Gasteiger partial charge on any atom is 0.248 e. The van der Waals surface area contributed by atoms with Crippen molar-refractivity contribution in [3.63, 3.8) is 0 Å². The van der Waals surface area contributed by atoms with Gasteiger partial charge in [0, 0.05) is 5.57 Å². The Labute approximate surface area is 73.5 Å². The number of nitrogens with two attached hydrogens (primary N) is 1. The minimum Gasteiger partial charge on any atom is -0.366 e. The van der Waals surface area contributed by atoms with Crippen molar-refractivity contribution in [1.82, 2.24) is 0 Å². The summed E-state index contributed by atoms with van der Waals surface area (Å²) in [6.07, 6.45) is 9.89. The molecule has 0 saturated heterocycles. The van der Waals surface area contributed by atoms with Crippen LogP contribution in [0.2, 0.25) is 0 Å². The average Bonchev–Trinajstić information content (AvgIpc) is 2.04. The van der Waals surface area contributed by atoms with Crippen LogP contribution in [-0.4, -0.2) is 5.91 Å². The van der Waals surface area contributed by atoms with E-state index in [9.17, 15) is 4.79 Å². The van der Waals surface area contributed by atoms with Gasteiger partial charge in [0.05, 0.1) is 0 Å². The highest BCUT2D eigenvalue weighted by Crippen LogP contribution is 1.97. The van der Waals surface area contributed by atoms with E-state index in [1.165, 1.54) is 0 Å². The zero-order chi connectivity index (χ0) is 9.40. The van der Waals surface area contributed by atoms with Crippen molar-refractivity contribution in [3.8, 4) is 0 Å². The van der Waals surface area contributed by atoms with Crippen LogP contribution in [0.3, 0.4) is 0 Å². The summed E-state index contributed by atoms with van der Waals surface area (Å²) < 4.78 is 0. The first kappa shape index (κ1) is 10.7. The molecule has 66 valence electrons. The molecule has 0 aliphatic rings. The molecule has 12 heavy (non-hydrogen) atoms. The molecule has 0 aliphatic heterocycles. The second kappa shape index (κ2) is 6.40. The van der Waals surface area contributed by atoms with Gasteiger partial charge in [-0.2, -0.15) is 0 Å². The van der Waals surface area contributed by atoms with E-state index >= 15 is 0 Å². The molecular formula is C10H15NO. The van der Waals surface area contributed by atoms with Crippen molar-refractivity contribution in [2.24, 2.45) is 5.73 Å². The first-order valence-corrected chi connectivity index (χ1v) is 4.01. The van der Waals surface area contributed by atoms with E-state index in [1.807, 2.05) is 26.0 Å². The van der Waals surface area contributed by atoms with E-state index in [4.69, 9.17) is 5.73 Å². The number of carbonyl (C=O) groups is 1. The lowest BCUT2D eigenvalue weighted by atomic mass is 10.2. The Morgan fingerprint density at radius 3 is 2.58 bits per heavy atom. The fraction of sp³-hybridized carbons (Fsp3) is 0.300. The Morgan fingerprint density at radius 1 is 1.50 bits per heavy atom. The SMILES string of the molecule is C\C=C/C=C(\C=C\CC)C(N)=O. The molecule has 0 rings (SSSR count). The van der Waals surface area contributed by atoms with Gasteiger partial charge in [0.1, 0.15) is 0 Å². The van der Waals surface area contributed by atoms with E-state index < -0.39 is 5.91 Å². The van der Waals surface area contributed by atoms with Gasteiger partial charge in [-0.3, -0.25) is 4.79 Å². The van der Waals surface area contributed by atoms with Crippen LogP contribution in [0.25, 0.3) is 0 Å². The van der Waals surface area contributed by atoms with Crippen LogP contribution in [0.1, 0.15) is 20.3 Å². The van der Waals surface area contributed by atoms with Gasteiger partial charge in [-0.05, 0) is 19.4 Å². The minimum atomic E-state index is -0.391. The van der Waals surface area contributed by atoms with Crippen LogP contribution in [0, 0.1) is 0 Å². The lowest BCUT2D eigenvalue weighted by Gasteiger charge is -1.92. The standard InChI is InChI=1S/C10H15NO/c1-3-5-7-9(10(11)12)8-6-4-2/h3,5-8H,4H2,1-2H3,(H2,11,12)/b5-3-,8-6+,9-7+. The lowest BCUT2D eigenvalue weighted by molar-refractivity contribution is -0.114. The van der Waals surface area contributed by atoms with Crippen LogP contribution in [0.4, 0.5) is 0 Å². The van der Waals surface area contributed by atoms with Gasteiger partial charge in [-0.1, -0.05) is 31.2 Å². The van der Waals surface area contributed by atoms with Gasteiger partial charge in [-0.25, -0.2) is 0 Å². The molecule has 0 aromatic heterocycles. The number of primary amides is 1. The molecule has 0 aromatic carbocycles. The van der Waals surface area contributed by atoms with Gasteiger partial charge >= 0.3 is 0 Å². The summed E-state index contributed by atoms with van der Waals surface area (Å²) in [5.74, 6) is -0.391.